The Balaban J connectivity index is 0.891. The molecule has 11 nitrogen and oxygen atoms in total. The van der Waals surface area contributed by atoms with E-state index in [4.69, 9.17) is 16.0 Å². The Morgan fingerprint density at radius 2 is 0.636 bits per heavy atom. The van der Waals surface area contributed by atoms with Crippen LogP contribution >= 0.6 is 0 Å². The molecule has 22 rings (SSSR count). The van der Waals surface area contributed by atoms with E-state index in [2.05, 4.69) is 399 Å². The minimum Gasteiger partial charge on any atom is -0.458 e. The molecule has 16 aromatic rings. The van der Waals surface area contributed by atoms with Gasteiger partial charge in [-0.1, -0.05) is 187 Å². The van der Waals surface area contributed by atoms with Gasteiger partial charge in [-0.3, -0.25) is 0 Å². The molecule has 121 heavy (non-hydrogen) atoms. The van der Waals surface area contributed by atoms with Crippen LogP contribution in [-0.2, 0) is 0 Å². The third-order valence-electron chi connectivity index (χ3n) is 25.3. The monoisotopic (exact) mass is 1560 g/mol. The molecule has 6 aliphatic heterocycles. The minimum absolute atomic E-state index is 0.402. The number of ether oxygens (including phenoxy) is 2. The summed E-state index contributed by atoms with van der Waals surface area (Å²) in [5, 5.41) is 15.4. The lowest BCUT2D eigenvalue weighted by atomic mass is 9.29. The Hall–Kier alpha value is -15.1. The van der Waals surface area contributed by atoms with E-state index in [9.17, 15) is 5.26 Å². The van der Waals surface area contributed by atoms with Gasteiger partial charge in [0.2, 0.25) is 0 Å². The van der Waals surface area contributed by atoms with Crippen molar-refractivity contribution in [2.75, 3.05) is 34.7 Å². The molecule has 0 bridgehead atoms. The number of nitriles is 1. The van der Waals surface area contributed by atoms with Crippen LogP contribution in [0.25, 0.3) is 4.85 Å². The molecule has 0 atom stereocenters. The molecule has 0 fully saturated rings. The highest BCUT2D eigenvalue weighted by Crippen LogP contribution is 2.55. The molecule has 0 saturated heterocycles. The summed E-state index contributed by atoms with van der Waals surface area (Å²) in [7, 11) is 0. The van der Waals surface area contributed by atoms with Crippen molar-refractivity contribution in [2.45, 2.75) is 62.3 Å². The Labute approximate surface area is 707 Å². The molecular weight excluding hydrogens is 1480 g/mol. The molecule has 0 unspecified atom stereocenters. The van der Waals surface area contributed by atoms with Crippen LogP contribution in [0.2, 0.25) is 0 Å². The third-order valence-corrected chi connectivity index (χ3v) is 25.3. The summed E-state index contributed by atoms with van der Waals surface area (Å²) < 4.78 is 14.8. The summed E-state index contributed by atoms with van der Waals surface area (Å²) in [6.45, 7) is 27.6. The van der Waals surface area contributed by atoms with Crippen molar-refractivity contribution in [1.29, 1.82) is 5.26 Å². The first-order valence-corrected chi connectivity index (χ1v) is 41.5. The smallest absolute Gasteiger partial charge is 0.256 e. The zero-order chi connectivity index (χ0) is 81.9. The maximum atomic E-state index is 11.2. The number of rotatable bonds is 12. The third kappa shape index (κ3) is 11.5. The van der Waals surface area contributed by atoms with Gasteiger partial charge in [-0.05, 0) is 278 Å². The van der Waals surface area contributed by atoms with Crippen LogP contribution in [0.3, 0.4) is 0 Å². The van der Waals surface area contributed by atoms with Gasteiger partial charge in [-0.2, -0.15) is 5.26 Å². The summed E-state index contributed by atoms with van der Waals surface area (Å²) in [5.74, 6) is 2.86. The van der Waals surface area contributed by atoms with E-state index in [-0.39, 0.29) is 0 Å². The first kappa shape index (κ1) is 72.4. The summed E-state index contributed by atoms with van der Waals surface area (Å²) in [6, 6.07) is 117. The van der Waals surface area contributed by atoms with Gasteiger partial charge in [0.1, 0.15) is 23.0 Å². The largest absolute Gasteiger partial charge is 0.458 e. The van der Waals surface area contributed by atoms with Crippen molar-refractivity contribution in [2.24, 2.45) is 0 Å². The molecule has 6 aliphatic rings. The number of hydrogen-bond donors (Lipinski definition) is 1. The second kappa shape index (κ2) is 28.1. The van der Waals surface area contributed by atoms with E-state index in [1.807, 2.05) is 24.3 Å². The molecule has 0 aliphatic carbocycles. The Kier molecular flexibility index (Phi) is 16.8. The molecule has 1 N–H and O–H groups in total. The standard InChI is InChI=1S/C107H80B3N9O2/c1-64-45-67(4)105(68(5)46-64)117-92-61-90-84(108-89-52-74(112-10)42-44-99(89)120-100-57-81(53-91(113-90)102(100)108)114(75-29-17-11-18-30-75)76-31-19-12-20-32-76)59-85(92)109-86-60-87-94(62-93(86)118(106-69(6)47-65(2)48-70(106)7)96-55-82(54-95(117)103(96)109)115(77-33-21-13-22-34-77)78-35-23-14-24-36-78)119(107-71(8)49-66(3)50-72(107)9)97-56-83(116(79-37-25-15-26-38-79)80-39-27-16-28-40-80)58-101-104(97)110(87)88-51-73(63-111)41-43-98(88)121-101/h11-62,113H,1-9H3. The molecule has 14 heteroatoms. The van der Waals surface area contributed by atoms with Crippen LogP contribution in [0.15, 0.2) is 315 Å². The highest BCUT2D eigenvalue weighted by Gasteiger charge is 2.51. The van der Waals surface area contributed by atoms with Crippen LogP contribution in [-0.4, -0.2) is 20.1 Å². The summed E-state index contributed by atoms with van der Waals surface area (Å²) in [5.41, 5.74) is 40.8. The number of anilines is 20. The fourth-order valence-electron chi connectivity index (χ4n) is 20.9. The van der Waals surface area contributed by atoms with Crippen molar-refractivity contribution in [3.05, 3.63) is 383 Å². The number of para-hydroxylation sites is 6. The van der Waals surface area contributed by atoms with Gasteiger partial charge in [0, 0.05) is 91.8 Å². The Morgan fingerprint density at radius 1 is 0.298 bits per heavy atom. The first-order chi connectivity index (χ1) is 59.1. The lowest BCUT2D eigenvalue weighted by Gasteiger charge is -2.48. The lowest BCUT2D eigenvalue weighted by Crippen LogP contribution is -2.66. The molecule has 6 heterocycles. The average molecular weight is 1560 g/mol. The van der Waals surface area contributed by atoms with Gasteiger partial charge in [0.05, 0.1) is 52.3 Å². The van der Waals surface area contributed by atoms with E-state index in [1.54, 1.807) is 0 Å². The summed E-state index contributed by atoms with van der Waals surface area (Å²) in [4.78, 5) is 19.0. The first-order valence-electron chi connectivity index (χ1n) is 41.5. The quantitative estimate of drug-likeness (QED) is 0.0944. The zero-order valence-electron chi connectivity index (χ0n) is 68.6. The molecule has 0 amide bonds. The number of nitrogens with zero attached hydrogens (tertiary/aromatic N) is 8. The summed E-state index contributed by atoms with van der Waals surface area (Å²) >= 11 is 0. The number of aryl methyl sites for hydroxylation is 9. The molecule has 16 aromatic carbocycles. The number of hydrogen-bond acceptors (Lipinski definition) is 10. The Morgan fingerprint density at radius 3 is 1.04 bits per heavy atom. The van der Waals surface area contributed by atoms with Crippen LogP contribution < -0.4 is 93.4 Å². The normalized spacial score (nSPS) is 12.9. The van der Waals surface area contributed by atoms with Gasteiger partial charge in [0.25, 0.3) is 20.1 Å². The molecule has 0 saturated carbocycles. The van der Waals surface area contributed by atoms with Crippen molar-refractivity contribution in [1.82, 2.24) is 0 Å². The lowest BCUT2D eigenvalue weighted by molar-refractivity contribution is 0.487. The minimum atomic E-state index is -0.469. The predicted octanol–water partition coefficient (Wildman–Crippen LogP) is 22.5. The van der Waals surface area contributed by atoms with E-state index in [1.165, 1.54) is 16.7 Å². The number of nitrogens with one attached hydrogen (secondary N) is 1. The fraction of sp³-hybridized carbons (Fsp3) is 0.0841. The Bertz CT molecular complexity index is 6950. The second-order valence-electron chi connectivity index (χ2n) is 33.2. The van der Waals surface area contributed by atoms with Gasteiger partial charge in [-0.15, -0.1) is 0 Å². The van der Waals surface area contributed by atoms with Crippen LogP contribution in [0.5, 0.6) is 23.0 Å². The highest BCUT2D eigenvalue weighted by atomic mass is 16.5. The predicted molar refractivity (Wildman–Crippen MR) is 505 cm³/mol. The van der Waals surface area contributed by atoms with Gasteiger partial charge < -0.3 is 44.2 Å². The highest BCUT2D eigenvalue weighted by molar-refractivity contribution is 7.04. The van der Waals surface area contributed by atoms with E-state index >= 15 is 0 Å². The molecule has 0 radical (unpaired) electrons. The van der Waals surface area contributed by atoms with E-state index < -0.39 is 20.1 Å². The van der Waals surface area contributed by atoms with Gasteiger partial charge >= 0.3 is 0 Å². The van der Waals surface area contributed by atoms with Crippen molar-refractivity contribution < 1.29 is 9.47 Å². The topological polar surface area (TPSA) is 78.1 Å². The van der Waals surface area contributed by atoms with Crippen LogP contribution in [0.1, 0.15) is 55.6 Å². The molecular formula is C107H80B3N9O2. The second-order valence-corrected chi connectivity index (χ2v) is 33.2. The zero-order valence-corrected chi connectivity index (χ0v) is 68.6. The van der Waals surface area contributed by atoms with Crippen molar-refractivity contribution in [3.63, 3.8) is 0 Å². The number of benzene rings is 16. The van der Waals surface area contributed by atoms with Crippen molar-refractivity contribution in [3.8, 4) is 29.1 Å². The van der Waals surface area contributed by atoms with Gasteiger partial charge in [0.15, 0.2) is 5.69 Å². The van der Waals surface area contributed by atoms with E-state index in [0.717, 1.165) is 208 Å². The van der Waals surface area contributed by atoms with Gasteiger partial charge in [-0.25, -0.2) is 4.85 Å². The van der Waals surface area contributed by atoms with E-state index in [0.29, 0.717) is 22.7 Å². The fourth-order valence-corrected chi connectivity index (χ4v) is 20.9. The molecule has 574 valence electrons. The number of fused-ring (bicyclic) bond motifs is 12. The SMILES string of the molecule is [C-]#[N+]c1ccc2c(c1)B1c3cc4c(cc3Nc3cc(N(c5ccccc5)c5ccccc5)cc(c31)O2)N(c1c(C)cc(C)cc1C)c1cc(N(c2ccccc2)c2ccccc2)cc2c1B4c1cc3c(cc1N2c1c(C)cc(C)cc1C)N(c1c(C)cc(C)cc1C)c1cc(N(c2ccccc2)c2ccccc2)cc2c1B3c1cc(C#N)ccc1O2. The molecule has 0 spiro atoms. The van der Waals surface area contributed by atoms with Crippen molar-refractivity contribution >= 4 is 189 Å². The average Bonchev–Trinajstić information content (AvgIpc) is 0.679. The van der Waals surface area contributed by atoms with Crippen LogP contribution in [0, 0.1) is 80.2 Å². The van der Waals surface area contributed by atoms with Crippen LogP contribution in [0.4, 0.5) is 119 Å². The molecule has 0 aromatic heterocycles. The summed E-state index contributed by atoms with van der Waals surface area (Å²) in [6.07, 6.45) is 0. The maximum Gasteiger partial charge on any atom is 0.256 e. The maximum absolute atomic E-state index is 11.2.